The number of aromatic nitrogens is 1. The van der Waals surface area contributed by atoms with E-state index in [-0.39, 0.29) is 24.3 Å². The van der Waals surface area contributed by atoms with Crippen molar-refractivity contribution in [2.45, 2.75) is 12.8 Å². The van der Waals surface area contributed by atoms with Crippen LogP contribution in [0, 0.1) is 5.82 Å². The Labute approximate surface area is 133 Å². The first-order valence-corrected chi connectivity index (χ1v) is 7.42. The molecule has 1 N–H and O–H groups in total. The van der Waals surface area contributed by atoms with Crippen LogP contribution < -0.4 is 5.32 Å². The lowest BCUT2D eigenvalue weighted by atomic mass is 10.1. The summed E-state index contributed by atoms with van der Waals surface area (Å²) in [6.07, 6.45) is 3.19. The molecule has 0 bridgehead atoms. The van der Waals surface area contributed by atoms with E-state index in [2.05, 4.69) is 10.3 Å². The quantitative estimate of drug-likeness (QED) is 0.862. The third kappa shape index (κ3) is 3.53. The molecule has 0 radical (unpaired) electrons. The summed E-state index contributed by atoms with van der Waals surface area (Å²) >= 11 is 0. The normalized spacial score (nSPS) is 14.2. The minimum atomic E-state index is -0.320. The number of rotatable bonds is 5. The Morgan fingerprint density at radius 1 is 1.13 bits per heavy atom. The van der Waals surface area contributed by atoms with Gasteiger partial charge in [0, 0.05) is 18.3 Å². The van der Waals surface area contributed by atoms with Crippen molar-refractivity contribution in [3.63, 3.8) is 0 Å². The molecule has 1 aromatic heterocycles. The second-order valence-electron chi connectivity index (χ2n) is 5.37. The van der Waals surface area contributed by atoms with Crippen LogP contribution in [0.15, 0.2) is 42.6 Å². The average molecular weight is 313 g/mol. The van der Waals surface area contributed by atoms with Gasteiger partial charge >= 0.3 is 6.03 Å². The Morgan fingerprint density at radius 2 is 1.91 bits per heavy atom. The van der Waals surface area contributed by atoms with Gasteiger partial charge in [0.15, 0.2) is 0 Å². The Bertz CT molecular complexity index is 698. The zero-order chi connectivity index (χ0) is 16.2. The molecular formula is C17H16FN3O2. The van der Waals surface area contributed by atoms with E-state index in [4.69, 9.17) is 0 Å². The number of urea groups is 1. The molecule has 0 spiro atoms. The van der Waals surface area contributed by atoms with Crippen molar-refractivity contribution in [3.05, 3.63) is 54.0 Å². The number of halogens is 1. The topological polar surface area (TPSA) is 62.3 Å². The zero-order valence-corrected chi connectivity index (χ0v) is 12.5. The molecule has 2 heterocycles. The highest BCUT2D eigenvalue weighted by Crippen LogP contribution is 2.18. The Hall–Kier alpha value is -2.76. The smallest absolute Gasteiger partial charge is 0.324 e. The molecule has 0 saturated carbocycles. The number of amides is 3. The van der Waals surface area contributed by atoms with Gasteiger partial charge in [-0.2, -0.15) is 0 Å². The fourth-order valence-corrected chi connectivity index (χ4v) is 2.49. The molecule has 0 unspecified atom stereocenters. The number of benzene rings is 1. The van der Waals surface area contributed by atoms with Crippen molar-refractivity contribution in [1.82, 2.24) is 15.2 Å². The van der Waals surface area contributed by atoms with E-state index in [1.165, 1.54) is 17.0 Å². The second kappa shape index (κ2) is 6.56. The van der Waals surface area contributed by atoms with E-state index in [1.807, 2.05) is 12.1 Å². The van der Waals surface area contributed by atoms with Crippen molar-refractivity contribution >= 4 is 11.9 Å². The van der Waals surface area contributed by atoms with Gasteiger partial charge in [-0.15, -0.1) is 0 Å². The summed E-state index contributed by atoms with van der Waals surface area (Å²) in [5, 5.41) is 2.50. The van der Waals surface area contributed by atoms with Crippen LogP contribution in [0.3, 0.4) is 0 Å². The fraction of sp³-hybridized carbons (Fsp3) is 0.235. The van der Waals surface area contributed by atoms with Crippen LogP contribution >= 0.6 is 0 Å². The molecule has 2 aromatic rings. The molecular weight excluding hydrogens is 297 g/mol. The summed E-state index contributed by atoms with van der Waals surface area (Å²) < 4.78 is 12.9. The van der Waals surface area contributed by atoms with Crippen LogP contribution in [0.1, 0.15) is 12.0 Å². The Morgan fingerprint density at radius 3 is 2.52 bits per heavy atom. The Kier molecular flexibility index (Phi) is 4.32. The van der Waals surface area contributed by atoms with Crippen molar-refractivity contribution < 1.29 is 14.0 Å². The molecule has 1 aromatic carbocycles. The number of pyridine rings is 1. The number of carbonyl (C=O) groups is 2. The lowest BCUT2D eigenvalue weighted by Gasteiger charge is -2.11. The average Bonchev–Trinajstić information content (AvgIpc) is 2.88. The van der Waals surface area contributed by atoms with Crippen LogP contribution in [0.2, 0.25) is 0 Å². The molecule has 1 saturated heterocycles. The number of hydrogen-bond donors (Lipinski definition) is 1. The third-order valence-corrected chi connectivity index (χ3v) is 3.75. The summed E-state index contributed by atoms with van der Waals surface area (Å²) in [4.78, 5) is 28.5. The lowest BCUT2D eigenvalue weighted by Crippen LogP contribution is -2.32. The maximum Gasteiger partial charge on any atom is 0.324 e. The minimum Gasteiger partial charge on any atom is -0.329 e. The van der Waals surface area contributed by atoms with E-state index in [1.54, 1.807) is 18.3 Å². The second-order valence-corrected chi connectivity index (χ2v) is 5.37. The Balaban J connectivity index is 1.56. The van der Waals surface area contributed by atoms with Gasteiger partial charge in [-0.05, 0) is 48.7 Å². The summed E-state index contributed by atoms with van der Waals surface area (Å²) in [5.41, 5.74) is 2.67. The van der Waals surface area contributed by atoms with Gasteiger partial charge in [-0.25, -0.2) is 9.18 Å². The van der Waals surface area contributed by atoms with E-state index >= 15 is 0 Å². The van der Waals surface area contributed by atoms with Crippen LogP contribution in [-0.4, -0.2) is 34.9 Å². The number of carbonyl (C=O) groups excluding carboxylic acids is 2. The molecule has 118 valence electrons. The maximum atomic E-state index is 12.9. The molecule has 0 atom stereocenters. The summed E-state index contributed by atoms with van der Waals surface area (Å²) in [6, 6.07) is 9.71. The van der Waals surface area contributed by atoms with Crippen LogP contribution in [0.4, 0.5) is 9.18 Å². The predicted octanol–water partition coefficient (Wildman–Crippen LogP) is 2.37. The number of hydrogen-bond acceptors (Lipinski definition) is 3. The van der Waals surface area contributed by atoms with E-state index < -0.39 is 0 Å². The van der Waals surface area contributed by atoms with E-state index in [0.717, 1.165) is 23.2 Å². The molecule has 6 heteroatoms. The SMILES string of the molecule is O=C1CNC(=O)N1CCCc1ccc(-c2ccc(F)cc2)nc1. The number of aryl methyl sites for hydroxylation is 1. The van der Waals surface area contributed by atoms with E-state index in [0.29, 0.717) is 13.0 Å². The molecule has 1 fully saturated rings. The highest BCUT2D eigenvalue weighted by Gasteiger charge is 2.27. The number of nitrogens with zero attached hydrogens (tertiary/aromatic N) is 2. The van der Waals surface area contributed by atoms with Gasteiger partial charge in [0.1, 0.15) is 5.82 Å². The molecule has 0 aliphatic carbocycles. The van der Waals surface area contributed by atoms with Crippen LogP contribution in [-0.2, 0) is 11.2 Å². The van der Waals surface area contributed by atoms with Crippen LogP contribution in [0.5, 0.6) is 0 Å². The van der Waals surface area contributed by atoms with Crippen LogP contribution in [0.25, 0.3) is 11.3 Å². The maximum absolute atomic E-state index is 12.9. The van der Waals surface area contributed by atoms with Crippen molar-refractivity contribution in [2.24, 2.45) is 0 Å². The first kappa shape index (κ1) is 15.1. The highest BCUT2D eigenvalue weighted by atomic mass is 19.1. The summed E-state index contributed by atoms with van der Waals surface area (Å²) in [7, 11) is 0. The molecule has 3 rings (SSSR count). The highest BCUT2D eigenvalue weighted by molar-refractivity contribution is 6.01. The lowest BCUT2D eigenvalue weighted by molar-refractivity contribution is -0.125. The first-order valence-electron chi connectivity index (χ1n) is 7.42. The first-order chi connectivity index (χ1) is 11.1. The van der Waals surface area contributed by atoms with Crippen molar-refractivity contribution in [2.75, 3.05) is 13.1 Å². The van der Waals surface area contributed by atoms with Gasteiger partial charge in [-0.1, -0.05) is 6.07 Å². The van der Waals surface area contributed by atoms with Crippen molar-refractivity contribution in [3.8, 4) is 11.3 Å². The molecule has 1 aliphatic rings. The van der Waals surface area contributed by atoms with Crippen molar-refractivity contribution in [1.29, 1.82) is 0 Å². The largest absolute Gasteiger partial charge is 0.329 e. The summed E-state index contributed by atoms with van der Waals surface area (Å²) in [5.74, 6) is -0.453. The van der Waals surface area contributed by atoms with Gasteiger partial charge in [0.05, 0.1) is 12.2 Å². The zero-order valence-electron chi connectivity index (χ0n) is 12.5. The molecule has 5 nitrogen and oxygen atoms in total. The molecule has 3 amide bonds. The van der Waals surface area contributed by atoms with Gasteiger partial charge in [0.25, 0.3) is 0 Å². The van der Waals surface area contributed by atoms with E-state index in [9.17, 15) is 14.0 Å². The fourth-order valence-electron chi connectivity index (χ4n) is 2.49. The van der Waals surface area contributed by atoms with Gasteiger partial charge in [-0.3, -0.25) is 14.7 Å². The third-order valence-electron chi connectivity index (χ3n) is 3.75. The minimum absolute atomic E-state index is 0.0900. The molecule has 23 heavy (non-hydrogen) atoms. The number of imide groups is 1. The number of nitrogens with one attached hydrogen (secondary N) is 1. The monoisotopic (exact) mass is 313 g/mol. The molecule has 1 aliphatic heterocycles. The predicted molar refractivity (Wildman–Crippen MR) is 83.1 cm³/mol. The summed E-state index contributed by atoms with van der Waals surface area (Å²) in [6.45, 7) is 0.497. The standard InChI is InChI=1S/C17H16FN3O2/c18-14-6-4-13(5-7-14)15-8-3-12(10-19-15)2-1-9-21-16(22)11-20-17(21)23/h3-8,10H,1-2,9,11H2,(H,20,23). The van der Waals surface area contributed by atoms with Gasteiger partial charge < -0.3 is 5.32 Å². The van der Waals surface area contributed by atoms with Gasteiger partial charge in [0.2, 0.25) is 5.91 Å².